The molecule has 2 heterocycles. The fourth-order valence-electron chi connectivity index (χ4n) is 3.28. The third-order valence-corrected chi connectivity index (χ3v) is 5.74. The van der Waals surface area contributed by atoms with Crippen LogP contribution in [0.25, 0.3) is 0 Å². The number of rotatable bonds is 6. The number of amides is 2. The van der Waals surface area contributed by atoms with E-state index in [0.29, 0.717) is 29.9 Å². The average Bonchev–Trinajstić information content (AvgIpc) is 3.03. The Bertz CT molecular complexity index is 713. The molecule has 0 aliphatic carbocycles. The maximum absolute atomic E-state index is 13.8. The lowest BCUT2D eigenvalue weighted by Crippen LogP contribution is -2.42. The number of carbonyl (C=O) groups is 2. The molecule has 2 saturated heterocycles. The lowest BCUT2D eigenvalue weighted by atomic mass is 10.1. The summed E-state index contributed by atoms with van der Waals surface area (Å²) >= 11 is 1.78. The van der Waals surface area contributed by atoms with Crippen LogP contribution in [-0.2, 0) is 20.9 Å². The van der Waals surface area contributed by atoms with E-state index in [1.54, 1.807) is 27.5 Å². The van der Waals surface area contributed by atoms with Crippen molar-refractivity contribution >= 4 is 34.4 Å². The lowest BCUT2D eigenvalue weighted by Gasteiger charge is -2.28. The van der Waals surface area contributed by atoms with Crippen molar-refractivity contribution in [3.05, 3.63) is 32.9 Å². The molecule has 1 atom stereocenters. The summed E-state index contributed by atoms with van der Waals surface area (Å²) in [6.07, 6.45) is 0.165. The Kier molecular flexibility index (Phi) is 6.99. The number of carbonyl (C=O) groups excluding carboxylic acids is 2. The third kappa shape index (κ3) is 5.35. The predicted octanol–water partition coefficient (Wildman–Crippen LogP) is 1.37. The second-order valence-electron chi connectivity index (χ2n) is 6.77. The highest BCUT2D eigenvalue weighted by Gasteiger charge is 2.34. The maximum atomic E-state index is 13.8. The van der Waals surface area contributed by atoms with Crippen LogP contribution in [0, 0.1) is 21.1 Å². The Hall–Kier alpha value is -1.33. The van der Waals surface area contributed by atoms with Gasteiger partial charge in [-0.05, 0) is 28.7 Å². The zero-order valence-electron chi connectivity index (χ0n) is 14.8. The van der Waals surface area contributed by atoms with Crippen molar-refractivity contribution in [2.45, 2.75) is 13.0 Å². The number of nitrogens with one attached hydrogen (secondary N) is 1. The van der Waals surface area contributed by atoms with E-state index >= 15 is 0 Å². The molecule has 2 aliphatic heterocycles. The van der Waals surface area contributed by atoms with Crippen LogP contribution in [0.5, 0.6) is 0 Å². The number of likely N-dealkylation sites (tertiary alicyclic amines) is 1. The van der Waals surface area contributed by atoms with Crippen molar-refractivity contribution in [3.8, 4) is 0 Å². The topological polar surface area (TPSA) is 61.9 Å². The van der Waals surface area contributed by atoms with Gasteiger partial charge in [0.05, 0.1) is 19.1 Å². The molecule has 9 heteroatoms. The van der Waals surface area contributed by atoms with Gasteiger partial charge in [0.15, 0.2) is 0 Å². The molecule has 1 aromatic carbocycles. The van der Waals surface area contributed by atoms with Crippen molar-refractivity contribution in [3.63, 3.8) is 0 Å². The van der Waals surface area contributed by atoms with Crippen molar-refractivity contribution in [2.75, 3.05) is 45.9 Å². The first-order chi connectivity index (χ1) is 12.9. The smallest absolute Gasteiger partial charge is 0.225 e. The van der Waals surface area contributed by atoms with E-state index in [4.69, 9.17) is 4.74 Å². The van der Waals surface area contributed by atoms with Crippen LogP contribution in [0.3, 0.4) is 0 Å². The molecule has 0 radical (unpaired) electrons. The van der Waals surface area contributed by atoms with Gasteiger partial charge >= 0.3 is 0 Å². The molecule has 2 fully saturated rings. The summed E-state index contributed by atoms with van der Waals surface area (Å²) in [4.78, 5) is 28.5. The summed E-state index contributed by atoms with van der Waals surface area (Å²) in [6.45, 7) is 4.82. The molecule has 148 valence electrons. The van der Waals surface area contributed by atoms with Gasteiger partial charge in [-0.15, -0.1) is 0 Å². The molecule has 0 saturated carbocycles. The number of benzene rings is 1. The van der Waals surface area contributed by atoms with Gasteiger partial charge in [0, 0.05) is 60.9 Å². The molecule has 6 nitrogen and oxygen atoms in total. The van der Waals surface area contributed by atoms with Crippen LogP contribution < -0.4 is 5.32 Å². The zero-order chi connectivity index (χ0) is 19.4. The van der Waals surface area contributed by atoms with E-state index in [2.05, 4.69) is 10.2 Å². The van der Waals surface area contributed by atoms with Crippen LogP contribution in [0.1, 0.15) is 12.0 Å². The van der Waals surface area contributed by atoms with Crippen molar-refractivity contribution in [1.82, 2.24) is 15.1 Å². The molecule has 27 heavy (non-hydrogen) atoms. The maximum Gasteiger partial charge on any atom is 0.225 e. The number of morpholine rings is 1. The van der Waals surface area contributed by atoms with Crippen LogP contribution in [0.4, 0.5) is 8.78 Å². The first-order valence-electron chi connectivity index (χ1n) is 8.93. The summed E-state index contributed by atoms with van der Waals surface area (Å²) in [5.41, 5.74) is 0.225. The minimum atomic E-state index is -0.692. The Morgan fingerprint density at radius 3 is 2.70 bits per heavy atom. The highest BCUT2D eigenvalue weighted by Crippen LogP contribution is 2.20. The summed E-state index contributed by atoms with van der Waals surface area (Å²) < 4.78 is 32.7. The first-order valence-corrected chi connectivity index (χ1v) is 10.0. The second-order valence-corrected chi connectivity index (χ2v) is 7.93. The molecular weight excluding hydrogens is 471 g/mol. The van der Waals surface area contributed by atoms with Crippen LogP contribution in [-0.4, -0.2) is 67.6 Å². The van der Waals surface area contributed by atoms with E-state index in [1.807, 2.05) is 0 Å². The standard InChI is InChI=1S/C18H22F2IN3O3/c19-14-9-15(20)16(21)7-12(14)10-22-18(26)13-8-17(25)24(11-13)2-1-23-3-5-27-6-4-23/h7,9,13H,1-6,8,10-11H2,(H,22,26). The molecule has 1 unspecified atom stereocenters. The van der Waals surface area contributed by atoms with E-state index in [9.17, 15) is 18.4 Å². The Morgan fingerprint density at radius 2 is 1.96 bits per heavy atom. The monoisotopic (exact) mass is 493 g/mol. The molecular formula is C18H22F2IN3O3. The normalized spacial score (nSPS) is 20.9. The van der Waals surface area contributed by atoms with E-state index in [0.717, 1.165) is 25.7 Å². The minimum absolute atomic E-state index is 0.0284. The molecule has 3 rings (SSSR count). The van der Waals surface area contributed by atoms with Gasteiger partial charge in [0.1, 0.15) is 11.6 Å². The largest absolute Gasteiger partial charge is 0.379 e. The Morgan fingerprint density at radius 1 is 1.22 bits per heavy atom. The van der Waals surface area contributed by atoms with E-state index in [1.165, 1.54) is 6.07 Å². The third-order valence-electron chi connectivity index (χ3n) is 4.92. The van der Waals surface area contributed by atoms with E-state index < -0.39 is 17.6 Å². The molecule has 0 aromatic heterocycles. The molecule has 0 spiro atoms. The van der Waals surface area contributed by atoms with Crippen LogP contribution in [0.15, 0.2) is 12.1 Å². The highest BCUT2D eigenvalue weighted by molar-refractivity contribution is 14.1. The fraction of sp³-hybridized carbons (Fsp3) is 0.556. The Balaban J connectivity index is 1.48. The summed E-state index contributed by atoms with van der Waals surface area (Å²) in [6, 6.07) is 2.19. The SMILES string of the molecule is O=C(NCc1cc(I)c(F)cc1F)C1CC(=O)N(CCN2CCOCC2)C1. The van der Waals surface area contributed by atoms with Gasteiger partial charge < -0.3 is 15.0 Å². The van der Waals surface area contributed by atoms with Crippen molar-refractivity contribution in [2.24, 2.45) is 5.92 Å². The molecule has 2 aliphatic rings. The van der Waals surface area contributed by atoms with Gasteiger partial charge in [-0.25, -0.2) is 8.78 Å². The molecule has 1 aromatic rings. The number of halogens is 3. The number of hydrogen-bond donors (Lipinski definition) is 1. The van der Waals surface area contributed by atoms with Gasteiger partial charge in [0.25, 0.3) is 0 Å². The molecule has 1 N–H and O–H groups in total. The quantitative estimate of drug-likeness (QED) is 0.481. The highest BCUT2D eigenvalue weighted by atomic mass is 127. The van der Waals surface area contributed by atoms with E-state index in [-0.39, 0.29) is 30.3 Å². The van der Waals surface area contributed by atoms with Crippen LogP contribution in [0.2, 0.25) is 0 Å². The zero-order valence-corrected chi connectivity index (χ0v) is 17.0. The summed E-state index contributed by atoms with van der Waals surface area (Å²) in [5, 5.41) is 2.66. The fourth-order valence-corrected chi connectivity index (χ4v) is 3.81. The lowest BCUT2D eigenvalue weighted by molar-refractivity contribution is -0.129. The summed E-state index contributed by atoms with van der Waals surface area (Å²) in [7, 11) is 0. The first kappa shape index (κ1) is 20.4. The van der Waals surface area contributed by atoms with Gasteiger partial charge in [-0.1, -0.05) is 0 Å². The molecule has 2 amide bonds. The van der Waals surface area contributed by atoms with Gasteiger partial charge in [-0.2, -0.15) is 0 Å². The predicted molar refractivity (Wildman–Crippen MR) is 103 cm³/mol. The average molecular weight is 493 g/mol. The second kappa shape index (κ2) is 9.24. The van der Waals surface area contributed by atoms with Crippen molar-refractivity contribution in [1.29, 1.82) is 0 Å². The number of hydrogen-bond acceptors (Lipinski definition) is 4. The molecule has 0 bridgehead atoms. The number of nitrogens with zero attached hydrogens (tertiary/aromatic N) is 2. The van der Waals surface area contributed by atoms with Crippen LogP contribution >= 0.6 is 22.6 Å². The summed E-state index contributed by atoms with van der Waals surface area (Å²) in [5.74, 6) is -2.07. The van der Waals surface area contributed by atoms with Gasteiger partial charge in [0.2, 0.25) is 11.8 Å². The number of ether oxygens (including phenoxy) is 1. The van der Waals surface area contributed by atoms with Gasteiger partial charge in [-0.3, -0.25) is 14.5 Å². The van der Waals surface area contributed by atoms with Crippen molar-refractivity contribution < 1.29 is 23.1 Å². The Labute approximate surface area is 170 Å². The minimum Gasteiger partial charge on any atom is -0.379 e.